The summed E-state index contributed by atoms with van der Waals surface area (Å²) in [5.74, 6) is -0.308. The monoisotopic (exact) mass is 558 g/mol. The van der Waals surface area contributed by atoms with Crippen LogP contribution in [-0.4, -0.2) is 37.0 Å². The van der Waals surface area contributed by atoms with Gasteiger partial charge in [0.2, 0.25) is 0 Å². The number of halogens is 4. The minimum Gasteiger partial charge on any atom is -0.497 e. The maximum Gasteiger partial charge on any atom is 0.433 e. The van der Waals surface area contributed by atoms with Gasteiger partial charge in [-0.15, -0.1) is 12.4 Å². The van der Waals surface area contributed by atoms with Crippen LogP contribution in [0.25, 0.3) is 22.6 Å². The first-order chi connectivity index (χ1) is 18.1. The number of nitrogens with one attached hydrogen (secondary N) is 1. The van der Waals surface area contributed by atoms with Crippen LogP contribution in [0.5, 0.6) is 5.75 Å². The van der Waals surface area contributed by atoms with Crippen LogP contribution in [0, 0.1) is 6.92 Å². The highest BCUT2D eigenvalue weighted by Crippen LogP contribution is 2.33. The zero-order chi connectivity index (χ0) is 27.2. The molecule has 1 amide bonds. The lowest BCUT2D eigenvalue weighted by Gasteiger charge is -2.11. The second-order valence-corrected chi connectivity index (χ2v) is 8.44. The third-order valence-electron chi connectivity index (χ3n) is 6.13. The number of carbonyl (C=O) groups excluding carboxylic acids is 1. The molecular formula is C26H22ClF3N6O3. The van der Waals surface area contributed by atoms with Gasteiger partial charge >= 0.3 is 6.18 Å². The minimum atomic E-state index is -4.78. The van der Waals surface area contributed by atoms with E-state index in [4.69, 9.17) is 4.74 Å². The zero-order valence-corrected chi connectivity index (χ0v) is 21.7. The van der Waals surface area contributed by atoms with Crippen molar-refractivity contribution in [2.24, 2.45) is 7.05 Å². The molecule has 0 spiro atoms. The molecule has 3 aromatic heterocycles. The Hall–Kier alpha value is -4.58. The van der Waals surface area contributed by atoms with E-state index in [-0.39, 0.29) is 35.1 Å². The number of aromatic nitrogens is 5. The number of alkyl halides is 3. The summed E-state index contributed by atoms with van der Waals surface area (Å²) in [6.07, 6.45) is -4.78. The first kappa shape index (κ1) is 27.5. The summed E-state index contributed by atoms with van der Waals surface area (Å²) in [5, 5.41) is 6.38. The molecule has 3 heterocycles. The maximum atomic E-state index is 13.9. The van der Waals surface area contributed by atoms with E-state index < -0.39 is 23.3 Å². The lowest BCUT2D eigenvalue weighted by molar-refractivity contribution is -0.142. The molecule has 0 aliphatic heterocycles. The molecule has 5 aromatic rings. The van der Waals surface area contributed by atoms with E-state index in [1.54, 1.807) is 73.3 Å². The fourth-order valence-corrected chi connectivity index (χ4v) is 4.09. The quantitative estimate of drug-likeness (QED) is 0.331. The number of nitrogens with zero attached hydrogens (tertiary/aromatic N) is 5. The summed E-state index contributed by atoms with van der Waals surface area (Å²) in [4.78, 5) is 30.5. The van der Waals surface area contributed by atoms with Crippen LogP contribution in [0.4, 0.5) is 18.9 Å². The molecule has 202 valence electrons. The highest BCUT2D eigenvalue weighted by atomic mass is 35.5. The Morgan fingerprint density at radius 3 is 2.31 bits per heavy atom. The number of hydrogen-bond acceptors (Lipinski definition) is 5. The molecule has 39 heavy (non-hydrogen) atoms. The van der Waals surface area contributed by atoms with Gasteiger partial charge in [-0.1, -0.05) is 18.2 Å². The Balaban J connectivity index is 0.00000353. The third kappa shape index (κ3) is 4.98. The molecule has 0 fully saturated rings. The normalized spacial score (nSPS) is 11.3. The van der Waals surface area contributed by atoms with E-state index >= 15 is 0 Å². The van der Waals surface area contributed by atoms with Gasteiger partial charge in [0, 0.05) is 18.7 Å². The molecule has 1 N–H and O–H groups in total. The van der Waals surface area contributed by atoms with Gasteiger partial charge < -0.3 is 10.1 Å². The Morgan fingerprint density at radius 1 is 1.03 bits per heavy atom. The second kappa shape index (κ2) is 10.3. The molecule has 0 aliphatic rings. The van der Waals surface area contributed by atoms with Gasteiger partial charge in [0.25, 0.3) is 11.5 Å². The number of amides is 1. The van der Waals surface area contributed by atoms with Crippen molar-refractivity contribution in [1.82, 2.24) is 24.0 Å². The summed E-state index contributed by atoms with van der Waals surface area (Å²) in [7, 11) is 3.14. The predicted molar refractivity (Wildman–Crippen MR) is 141 cm³/mol. The highest BCUT2D eigenvalue weighted by Gasteiger charge is 2.36. The summed E-state index contributed by atoms with van der Waals surface area (Å²) in [6, 6.07) is 17.2. The number of fused-ring (bicyclic) bond motifs is 1. The van der Waals surface area contributed by atoms with Crippen molar-refractivity contribution in [3.63, 3.8) is 0 Å². The van der Waals surface area contributed by atoms with Crippen molar-refractivity contribution >= 4 is 29.6 Å². The number of ether oxygens (including phenoxy) is 1. The van der Waals surface area contributed by atoms with Gasteiger partial charge in [-0.05, 0) is 49.4 Å². The fraction of sp³-hybridized carbons (Fsp3) is 0.154. The van der Waals surface area contributed by atoms with E-state index in [9.17, 15) is 22.8 Å². The number of methoxy groups -OCH3 is 1. The second-order valence-electron chi connectivity index (χ2n) is 8.44. The van der Waals surface area contributed by atoms with Gasteiger partial charge in [-0.25, -0.2) is 14.2 Å². The maximum absolute atomic E-state index is 13.9. The van der Waals surface area contributed by atoms with Gasteiger partial charge in [0.05, 0.1) is 24.2 Å². The molecular weight excluding hydrogens is 537 g/mol. The SMILES string of the molecule is COc1ccc(-c2cc(C(F)(F)F)n3nc(C(=O)Nc4c(C)n(C)n(-c5ccccc5)c4=O)cc3n2)cc1.Cl. The Kier molecular flexibility index (Phi) is 7.25. The number of carbonyl (C=O) groups is 1. The van der Waals surface area contributed by atoms with Crippen LogP contribution in [0.3, 0.4) is 0 Å². The number of para-hydroxylation sites is 1. The molecule has 2 aromatic carbocycles. The van der Waals surface area contributed by atoms with Crippen LogP contribution in [0.1, 0.15) is 21.9 Å². The first-order valence-electron chi connectivity index (χ1n) is 11.4. The standard InChI is InChI=1S/C26H21F3N6O3.ClH/c1-15-23(25(37)35(33(15)2)17-7-5-4-6-8-17)31-24(36)20-14-22-30-19(16-9-11-18(38-3)12-10-16)13-21(26(27,28)29)34(22)32-20;/h4-14H,1-3H3,(H,31,36);1H. The summed E-state index contributed by atoms with van der Waals surface area (Å²) in [5.41, 5.74) is -0.615. The summed E-state index contributed by atoms with van der Waals surface area (Å²) in [6.45, 7) is 1.64. The lowest BCUT2D eigenvalue weighted by atomic mass is 10.1. The third-order valence-corrected chi connectivity index (χ3v) is 6.13. The fourth-order valence-electron chi connectivity index (χ4n) is 4.09. The molecule has 0 saturated carbocycles. The topological polar surface area (TPSA) is 95.5 Å². The predicted octanol–water partition coefficient (Wildman–Crippen LogP) is 4.90. The Morgan fingerprint density at radius 2 is 1.69 bits per heavy atom. The van der Waals surface area contributed by atoms with Gasteiger partial charge in [-0.2, -0.15) is 18.3 Å². The highest BCUT2D eigenvalue weighted by molar-refractivity contribution is 6.03. The van der Waals surface area contributed by atoms with E-state index in [0.29, 0.717) is 27.2 Å². The molecule has 0 bridgehead atoms. The molecule has 5 rings (SSSR count). The van der Waals surface area contributed by atoms with E-state index in [1.165, 1.54) is 11.8 Å². The molecule has 0 unspecified atom stereocenters. The molecule has 0 radical (unpaired) electrons. The van der Waals surface area contributed by atoms with Gasteiger partial charge in [0.15, 0.2) is 17.0 Å². The number of hydrogen-bond donors (Lipinski definition) is 1. The number of benzene rings is 2. The number of rotatable bonds is 5. The lowest BCUT2D eigenvalue weighted by Crippen LogP contribution is -2.23. The van der Waals surface area contributed by atoms with Crippen molar-refractivity contribution in [2.75, 3.05) is 12.4 Å². The molecule has 9 nitrogen and oxygen atoms in total. The average Bonchev–Trinajstić information content (AvgIpc) is 3.43. The average molecular weight is 559 g/mol. The van der Waals surface area contributed by atoms with Gasteiger partial charge in [0.1, 0.15) is 11.4 Å². The van der Waals surface area contributed by atoms with Crippen molar-refractivity contribution in [2.45, 2.75) is 13.1 Å². The summed E-state index contributed by atoms with van der Waals surface area (Å²) >= 11 is 0. The summed E-state index contributed by atoms with van der Waals surface area (Å²) < 4.78 is 50.5. The zero-order valence-electron chi connectivity index (χ0n) is 20.9. The molecule has 0 saturated heterocycles. The van der Waals surface area contributed by atoms with Crippen molar-refractivity contribution in [3.05, 3.63) is 94.2 Å². The first-order valence-corrected chi connectivity index (χ1v) is 11.4. The van der Waals surface area contributed by atoms with Crippen LogP contribution in [0.15, 0.2) is 71.5 Å². The van der Waals surface area contributed by atoms with Crippen molar-refractivity contribution < 1.29 is 22.7 Å². The van der Waals surface area contributed by atoms with Crippen LogP contribution in [0.2, 0.25) is 0 Å². The molecule has 0 aliphatic carbocycles. The Labute approximate surface area is 225 Å². The number of anilines is 1. The largest absolute Gasteiger partial charge is 0.497 e. The Bertz CT molecular complexity index is 1720. The van der Waals surface area contributed by atoms with E-state index in [2.05, 4.69) is 15.4 Å². The van der Waals surface area contributed by atoms with E-state index in [1.807, 2.05) is 0 Å². The smallest absolute Gasteiger partial charge is 0.433 e. The van der Waals surface area contributed by atoms with Crippen molar-refractivity contribution in [3.8, 4) is 22.7 Å². The van der Waals surface area contributed by atoms with Crippen LogP contribution in [-0.2, 0) is 13.2 Å². The molecule has 13 heteroatoms. The van der Waals surface area contributed by atoms with Gasteiger partial charge in [-0.3, -0.25) is 14.3 Å². The van der Waals surface area contributed by atoms with Crippen molar-refractivity contribution in [1.29, 1.82) is 0 Å². The van der Waals surface area contributed by atoms with Crippen LogP contribution >= 0.6 is 12.4 Å². The minimum absolute atomic E-state index is 0. The van der Waals surface area contributed by atoms with E-state index in [0.717, 1.165) is 12.1 Å². The van der Waals surface area contributed by atoms with Crippen LogP contribution < -0.4 is 15.6 Å². The molecule has 0 atom stereocenters.